The van der Waals surface area contributed by atoms with Crippen LogP contribution in [0.3, 0.4) is 0 Å². The molecule has 2 atom stereocenters. The zero-order valence-electron chi connectivity index (χ0n) is 11.6. The molecule has 1 aliphatic carbocycles. The Labute approximate surface area is 127 Å². The number of aromatic nitrogens is 1. The van der Waals surface area contributed by atoms with Gasteiger partial charge in [0.25, 0.3) is 0 Å². The lowest BCUT2D eigenvalue weighted by Crippen LogP contribution is -2.31. The summed E-state index contributed by atoms with van der Waals surface area (Å²) in [6, 6.07) is 9.04. The second-order valence-electron chi connectivity index (χ2n) is 5.30. The standard InChI is InChI=1S/C16H16FN3S/c17-13-6-4-11(5-7-13)16-20-14(10-21-16)9-19-15-3-1-2-12(15)8-18/h4-7,10,12,15,19H,1-3,9H2. The number of nitrogens with zero attached hydrogens (tertiary/aromatic N) is 2. The van der Waals surface area contributed by atoms with Crippen molar-refractivity contribution in [2.45, 2.75) is 31.8 Å². The average Bonchev–Trinajstić information content (AvgIpc) is 3.14. The molecule has 1 aliphatic rings. The summed E-state index contributed by atoms with van der Waals surface area (Å²) in [6.45, 7) is 0.681. The Bertz CT molecular complexity index is 644. The van der Waals surface area contributed by atoms with Crippen molar-refractivity contribution >= 4 is 11.3 Å². The van der Waals surface area contributed by atoms with Gasteiger partial charge in [-0.15, -0.1) is 11.3 Å². The van der Waals surface area contributed by atoms with Crippen LogP contribution in [0.4, 0.5) is 4.39 Å². The maximum Gasteiger partial charge on any atom is 0.123 e. The van der Waals surface area contributed by atoms with Gasteiger partial charge >= 0.3 is 0 Å². The van der Waals surface area contributed by atoms with Gasteiger partial charge in [0.15, 0.2) is 0 Å². The summed E-state index contributed by atoms with van der Waals surface area (Å²) < 4.78 is 12.9. The van der Waals surface area contributed by atoms with Crippen LogP contribution in [-0.4, -0.2) is 11.0 Å². The molecule has 0 amide bonds. The Morgan fingerprint density at radius 3 is 2.90 bits per heavy atom. The highest BCUT2D eigenvalue weighted by Gasteiger charge is 2.26. The summed E-state index contributed by atoms with van der Waals surface area (Å²) in [5.74, 6) is -0.110. The lowest BCUT2D eigenvalue weighted by atomic mass is 10.1. The largest absolute Gasteiger partial charge is 0.307 e. The fourth-order valence-electron chi connectivity index (χ4n) is 2.71. The van der Waals surface area contributed by atoms with E-state index >= 15 is 0 Å². The molecule has 5 heteroatoms. The van der Waals surface area contributed by atoms with Crippen LogP contribution < -0.4 is 5.32 Å². The van der Waals surface area contributed by atoms with Gasteiger partial charge in [0, 0.05) is 23.5 Å². The first-order valence-electron chi connectivity index (χ1n) is 7.09. The van der Waals surface area contributed by atoms with Crippen LogP contribution in [0.1, 0.15) is 25.0 Å². The summed E-state index contributed by atoms with van der Waals surface area (Å²) in [7, 11) is 0. The van der Waals surface area contributed by atoms with Crippen LogP contribution in [0.5, 0.6) is 0 Å². The third-order valence-corrected chi connectivity index (χ3v) is 4.81. The van der Waals surface area contributed by atoms with Crippen molar-refractivity contribution in [2.24, 2.45) is 5.92 Å². The minimum Gasteiger partial charge on any atom is -0.307 e. The molecular weight excluding hydrogens is 285 g/mol. The lowest BCUT2D eigenvalue weighted by Gasteiger charge is -2.14. The van der Waals surface area contributed by atoms with Gasteiger partial charge in [0.2, 0.25) is 0 Å². The van der Waals surface area contributed by atoms with E-state index in [1.165, 1.54) is 12.1 Å². The van der Waals surface area contributed by atoms with Crippen molar-refractivity contribution in [3.8, 4) is 16.6 Å². The molecule has 1 aromatic carbocycles. The van der Waals surface area contributed by atoms with Gasteiger partial charge < -0.3 is 5.32 Å². The number of nitrogens with one attached hydrogen (secondary N) is 1. The molecule has 0 aliphatic heterocycles. The van der Waals surface area contributed by atoms with E-state index in [1.807, 2.05) is 5.38 Å². The first kappa shape index (κ1) is 14.2. The first-order valence-corrected chi connectivity index (χ1v) is 7.97. The van der Waals surface area contributed by atoms with Crippen LogP contribution in [0, 0.1) is 23.1 Å². The number of hydrogen-bond acceptors (Lipinski definition) is 4. The van der Waals surface area contributed by atoms with Crippen molar-refractivity contribution in [3.63, 3.8) is 0 Å². The number of rotatable bonds is 4. The maximum atomic E-state index is 12.9. The van der Waals surface area contributed by atoms with E-state index < -0.39 is 0 Å². The normalized spacial score (nSPS) is 21.3. The zero-order valence-corrected chi connectivity index (χ0v) is 12.4. The second kappa shape index (κ2) is 6.33. The van der Waals surface area contributed by atoms with Gasteiger partial charge in [-0.3, -0.25) is 0 Å². The van der Waals surface area contributed by atoms with Crippen molar-refractivity contribution in [1.29, 1.82) is 5.26 Å². The van der Waals surface area contributed by atoms with Crippen molar-refractivity contribution in [2.75, 3.05) is 0 Å². The van der Waals surface area contributed by atoms with E-state index in [2.05, 4.69) is 16.4 Å². The Hall–Kier alpha value is -1.77. The SMILES string of the molecule is N#CC1CCCC1NCc1csc(-c2ccc(F)cc2)n1. The summed E-state index contributed by atoms with van der Waals surface area (Å²) in [5, 5.41) is 15.4. The highest BCUT2D eigenvalue weighted by atomic mass is 32.1. The quantitative estimate of drug-likeness (QED) is 0.936. The van der Waals surface area contributed by atoms with Gasteiger partial charge in [-0.25, -0.2) is 9.37 Å². The lowest BCUT2D eigenvalue weighted by molar-refractivity contribution is 0.462. The highest BCUT2D eigenvalue weighted by Crippen LogP contribution is 2.26. The van der Waals surface area contributed by atoms with Crippen LogP contribution in [0.2, 0.25) is 0 Å². The number of nitriles is 1. The van der Waals surface area contributed by atoms with E-state index in [4.69, 9.17) is 5.26 Å². The molecule has 1 N–H and O–H groups in total. The molecular formula is C16H16FN3S. The molecule has 0 radical (unpaired) electrons. The van der Waals surface area contributed by atoms with E-state index in [-0.39, 0.29) is 17.8 Å². The first-order chi connectivity index (χ1) is 10.3. The fourth-order valence-corrected chi connectivity index (χ4v) is 3.53. The van der Waals surface area contributed by atoms with Crippen LogP contribution in [0.15, 0.2) is 29.6 Å². The van der Waals surface area contributed by atoms with E-state index in [0.29, 0.717) is 6.54 Å². The maximum absolute atomic E-state index is 12.9. The van der Waals surface area contributed by atoms with Crippen molar-refractivity contribution in [3.05, 3.63) is 41.2 Å². The molecule has 2 aromatic rings. The Balaban J connectivity index is 1.63. The number of thiazole rings is 1. The third-order valence-electron chi connectivity index (χ3n) is 3.87. The van der Waals surface area contributed by atoms with Crippen LogP contribution in [0.25, 0.3) is 10.6 Å². The third kappa shape index (κ3) is 3.29. The summed E-state index contributed by atoms with van der Waals surface area (Å²) in [5.41, 5.74) is 1.91. The van der Waals surface area contributed by atoms with Gasteiger partial charge in [0.05, 0.1) is 17.7 Å². The number of halogens is 1. The van der Waals surface area contributed by atoms with E-state index in [0.717, 1.165) is 35.5 Å². The van der Waals surface area contributed by atoms with Crippen molar-refractivity contribution < 1.29 is 4.39 Å². The molecule has 3 rings (SSSR count). The molecule has 0 spiro atoms. The van der Waals surface area contributed by atoms with Gasteiger partial charge in [-0.05, 0) is 37.1 Å². The molecule has 1 heterocycles. The fraction of sp³-hybridized carbons (Fsp3) is 0.375. The highest BCUT2D eigenvalue weighted by molar-refractivity contribution is 7.13. The van der Waals surface area contributed by atoms with Gasteiger partial charge in [0.1, 0.15) is 10.8 Å². The Kier molecular flexibility index (Phi) is 4.28. The summed E-state index contributed by atoms with van der Waals surface area (Å²) in [4.78, 5) is 4.57. The molecule has 21 heavy (non-hydrogen) atoms. The summed E-state index contributed by atoms with van der Waals surface area (Å²) in [6.07, 6.45) is 3.17. The number of hydrogen-bond donors (Lipinski definition) is 1. The topological polar surface area (TPSA) is 48.7 Å². The monoisotopic (exact) mass is 301 g/mol. The summed E-state index contributed by atoms with van der Waals surface area (Å²) >= 11 is 1.56. The number of benzene rings is 1. The minimum absolute atomic E-state index is 0.125. The molecule has 108 valence electrons. The molecule has 2 unspecified atom stereocenters. The van der Waals surface area contributed by atoms with Gasteiger partial charge in [-0.1, -0.05) is 6.42 Å². The van der Waals surface area contributed by atoms with Crippen LogP contribution in [-0.2, 0) is 6.54 Å². The van der Waals surface area contributed by atoms with E-state index in [1.54, 1.807) is 23.5 Å². The molecule has 1 aromatic heterocycles. The molecule has 0 bridgehead atoms. The second-order valence-corrected chi connectivity index (χ2v) is 6.16. The van der Waals surface area contributed by atoms with E-state index in [9.17, 15) is 4.39 Å². The average molecular weight is 301 g/mol. The molecule has 1 saturated carbocycles. The Morgan fingerprint density at radius 1 is 1.33 bits per heavy atom. The van der Waals surface area contributed by atoms with Gasteiger partial charge in [-0.2, -0.15) is 5.26 Å². The zero-order chi connectivity index (χ0) is 14.7. The molecule has 0 saturated heterocycles. The smallest absolute Gasteiger partial charge is 0.123 e. The molecule has 3 nitrogen and oxygen atoms in total. The van der Waals surface area contributed by atoms with Crippen LogP contribution >= 0.6 is 11.3 Å². The predicted molar refractivity (Wildman–Crippen MR) is 81.1 cm³/mol. The predicted octanol–water partition coefficient (Wildman–Crippen LogP) is 3.73. The minimum atomic E-state index is -0.235. The molecule has 1 fully saturated rings. The Morgan fingerprint density at radius 2 is 2.14 bits per heavy atom. The van der Waals surface area contributed by atoms with Crippen molar-refractivity contribution in [1.82, 2.24) is 10.3 Å².